The van der Waals surface area contributed by atoms with Crippen LogP contribution in [0.1, 0.15) is 25.7 Å². The number of hydrogen-bond donors (Lipinski definition) is 2. The van der Waals surface area contributed by atoms with Crippen molar-refractivity contribution < 1.29 is 23.1 Å². The number of nitrogens with one attached hydrogen (secondary N) is 2. The number of carbonyl (C=O) groups excluding carboxylic acids is 2. The number of rotatable bonds is 5. The number of anilines is 1. The molecule has 1 saturated carbocycles. The Bertz CT molecular complexity index is 968. The van der Waals surface area contributed by atoms with Gasteiger partial charge in [0.15, 0.2) is 0 Å². The summed E-state index contributed by atoms with van der Waals surface area (Å²) < 4.78 is 33.1. The molecule has 0 aliphatic heterocycles. The predicted octanol–water partition coefficient (Wildman–Crippen LogP) is 3.80. The van der Waals surface area contributed by atoms with Gasteiger partial charge in [0.25, 0.3) is 0 Å². The highest BCUT2D eigenvalue weighted by Crippen LogP contribution is 2.33. The van der Waals surface area contributed by atoms with Crippen LogP contribution < -0.4 is 15.4 Å². The van der Waals surface area contributed by atoms with Crippen LogP contribution in [0.25, 0.3) is 11.1 Å². The molecule has 2 N–H and O–H groups in total. The third-order valence-corrected chi connectivity index (χ3v) is 5.34. The summed E-state index contributed by atoms with van der Waals surface area (Å²) in [6.07, 6.45) is 3.85. The van der Waals surface area contributed by atoms with E-state index in [1.807, 2.05) is 0 Å². The van der Waals surface area contributed by atoms with E-state index in [9.17, 15) is 18.4 Å². The average molecular weight is 432 g/mol. The molecule has 2 atom stereocenters. The lowest BCUT2D eigenvalue weighted by Crippen LogP contribution is -2.45. The highest BCUT2D eigenvalue weighted by molar-refractivity contribution is 5.92. The van der Waals surface area contributed by atoms with Gasteiger partial charge in [0.1, 0.15) is 23.2 Å². The number of carbonyl (C=O) groups is 2. The molecule has 1 aromatic carbocycles. The van der Waals surface area contributed by atoms with Crippen molar-refractivity contribution in [2.45, 2.75) is 31.7 Å². The highest BCUT2D eigenvalue weighted by Gasteiger charge is 2.29. The Balaban J connectivity index is 1.74. The SMILES string of the molecule is COc1cc(F)ccc1-c1cc(NC(=O)[C@H]2CCC[C@@H](NC(=O)N(C)C)C2)ncc1F. The summed E-state index contributed by atoms with van der Waals surface area (Å²) >= 11 is 0. The van der Waals surface area contributed by atoms with Crippen molar-refractivity contribution in [3.63, 3.8) is 0 Å². The Hall–Kier alpha value is -3.23. The van der Waals surface area contributed by atoms with Crippen LogP contribution >= 0.6 is 0 Å². The third kappa shape index (κ3) is 5.48. The van der Waals surface area contributed by atoms with E-state index in [0.29, 0.717) is 18.4 Å². The summed E-state index contributed by atoms with van der Waals surface area (Å²) in [5.74, 6) is -1.29. The van der Waals surface area contributed by atoms with Crippen molar-refractivity contribution in [1.29, 1.82) is 0 Å². The number of methoxy groups -OCH3 is 1. The molecule has 7 nitrogen and oxygen atoms in total. The molecule has 9 heteroatoms. The fourth-order valence-corrected chi connectivity index (χ4v) is 3.69. The molecule has 1 aliphatic rings. The minimum Gasteiger partial charge on any atom is -0.496 e. The largest absolute Gasteiger partial charge is 0.496 e. The third-order valence-electron chi connectivity index (χ3n) is 5.34. The van der Waals surface area contributed by atoms with Crippen LogP contribution in [0.2, 0.25) is 0 Å². The minimum absolute atomic E-state index is 0.0837. The maximum atomic E-state index is 14.4. The molecule has 3 amide bonds. The Morgan fingerprint density at radius 1 is 1.16 bits per heavy atom. The number of amides is 3. The number of aromatic nitrogens is 1. The number of benzene rings is 1. The standard InChI is InChI=1S/C22H26F2N4O3/c1-28(2)22(30)26-15-6-4-5-13(9-15)21(29)27-20-11-17(18(24)12-25-20)16-8-7-14(23)10-19(16)31-3/h7-8,10-13,15H,4-6,9H2,1-3H3,(H,26,30)(H,25,27,29)/t13-,15+/m0/s1. The fourth-order valence-electron chi connectivity index (χ4n) is 3.69. The van der Waals surface area contributed by atoms with E-state index in [2.05, 4.69) is 15.6 Å². The first kappa shape index (κ1) is 22.5. The van der Waals surface area contributed by atoms with Gasteiger partial charge in [0.2, 0.25) is 5.91 Å². The normalized spacial score (nSPS) is 18.2. The van der Waals surface area contributed by atoms with Crippen LogP contribution in [0.15, 0.2) is 30.5 Å². The summed E-state index contributed by atoms with van der Waals surface area (Å²) in [6, 6.07) is 4.91. The lowest BCUT2D eigenvalue weighted by Gasteiger charge is -2.29. The molecule has 2 aromatic rings. The van der Waals surface area contributed by atoms with Gasteiger partial charge in [-0.05, 0) is 37.5 Å². The maximum absolute atomic E-state index is 14.4. The van der Waals surface area contributed by atoms with E-state index in [1.54, 1.807) is 14.1 Å². The van der Waals surface area contributed by atoms with Gasteiger partial charge in [-0.2, -0.15) is 0 Å². The quantitative estimate of drug-likeness (QED) is 0.753. The molecule has 1 aliphatic carbocycles. The second-order valence-electron chi connectivity index (χ2n) is 7.79. The zero-order valence-electron chi connectivity index (χ0n) is 17.7. The molecule has 1 heterocycles. The number of nitrogens with zero attached hydrogens (tertiary/aromatic N) is 2. The Labute approximate surface area is 179 Å². The first-order valence-corrected chi connectivity index (χ1v) is 10.1. The topological polar surface area (TPSA) is 83.6 Å². The molecular weight excluding hydrogens is 406 g/mol. The summed E-state index contributed by atoms with van der Waals surface area (Å²) in [7, 11) is 4.70. The number of pyridine rings is 1. The number of halogens is 2. The van der Waals surface area contributed by atoms with Crippen molar-refractivity contribution in [2.75, 3.05) is 26.5 Å². The lowest BCUT2D eigenvalue weighted by atomic mass is 9.85. The van der Waals surface area contributed by atoms with E-state index in [1.165, 1.54) is 30.2 Å². The zero-order chi connectivity index (χ0) is 22.5. The van der Waals surface area contributed by atoms with Crippen molar-refractivity contribution in [3.8, 4) is 16.9 Å². The van der Waals surface area contributed by atoms with Crippen LogP contribution in [0.3, 0.4) is 0 Å². The van der Waals surface area contributed by atoms with Gasteiger partial charge in [-0.3, -0.25) is 4.79 Å². The Kier molecular flexibility index (Phi) is 7.04. The minimum atomic E-state index is -0.618. The smallest absolute Gasteiger partial charge is 0.317 e. The van der Waals surface area contributed by atoms with E-state index in [4.69, 9.17) is 4.74 Å². The molecule has 0 saturated heterocycles. The molecule has 0 bridgehead atoms. The summed E-state index contributed by atoms with van der Waals surface area (Å²) in [4.78, 5) is 30.1. The van der Waals surface area contributed by atoms with Crippen LogP contribution in [-0.4, -0.2) is 49.1 Å². The molecule has 3 rings (SSSR count). The molecule has 0 unspecified atom stereocenters. The second-order valence-corrected chi connectivity index (χ2v) is 7.79. The molecule has 1 aromatic heterocycles. The molecular formula is C22H26F2N4O3. The van der Waals surface area contributed by atoms with Crippen LogP contribution in [0, 0.1) is 17.6 Å². The highest BCUT2D eigenvalue weighted by atomic mass is 19.1. The van der Waals surface area contributed by atoms with E-state index in [0.717, 1.165) is 25.1 Å². The van der Waals surface area contributed by atoms with Gasteiger partial charge in [-0.15, -0.1) is 0 Å². The fraction of sp³-hybridized carbons (Fsp3) is 0.409. The monoisotopic (exact) mass is 432 g/mol. The number of urea groups is 1. The van der Waals surface area contributed by atoms with Crippen LogP contribution in [0.5, 0.6) is 5.75 Å². The average Bonchev–Trinajstić information content (AvgIpc) is 2.75. The van der Waals surface area contributed by atoms with Crippen LogP contribution in [-0.2, 0) is 4.79 Å². The number of hydrogen-bond acceptors (Lipinski definition) is 4. The Morgan fingerprint density at radius 2 is 1.94 bits per heavy atom. The summed E-state index contributed by atoms with van der Waals surface area (Å²) in [5, 5.41) is 5.66. The first-order chi connectivity index (χ1) is 14.8. The summed E-state index contributed by atoms with van der Waals surface area (Å²) in [5.41, 5.74) is 0.491. The predicted molar refractivity (Wildman–Crippen MR) is 113 cm³/mol. The van der Waals surface area contributed by atoms with Crippen LogP contribution in [0.4, 0.5) is 19.4 Å². The second kappa shape index (κ2) is 9.72. The molecule has 166 valence electrons. The van der Waals surface area contributed by atoms with E-state index >= 15 is 0 Å². The zero-order valence-corrected chi connectivity index (χ0v) is 17.7. The molecule has 0 spiro atoms. The Morgan fingerprint density at radius 3 is 2.65 bits per heavy atom. The number of ether oxygens (including phenoxy) is 1. The maximum Gasteiger partial charge on any atom is 0.317 e. The van der Waals surface area contributed by atoms with E-state index in [-0.39, 0.29) is 41.0 Å². The molecule has 0 radical (unpaired) electrons. The molecule has 31 heavy (non-hydrogen) atoms. The molecule has 1 fully saturated rings. The van der Waals surface area contributed by atoms with Gasteiger partial charge in [0.05, 0.1) is 13.3 Å². The van der Waals surface area contributed by atoms with Crippen molar-refractivity contribution >= 4 is 17.8 Å². The van der Waals surface area contributed by atoms with Gasteiger partial charge < -0.3 is 20.3 Å². The van der Waals surface area contributed by atoms with E-state index < -0.39 is 11.6 Å². The van der Waals surface area contributed by atoms with Gasteiger partial charge in [-0.1, -0.05) is 6.42 Å². The van der Waals surface area contributed by atoms with Crippen molar-refractivity contribution in [3.05, 3.63) is 42.1 Å². The van der Waals surface area contributed by atoms with Crippen molar-refractivity contribution in [2.24, 2.45) is 5.92 Å². The lowest BCUT2D eigenvalue weighted by molar-refractivity contribution is -0.121. The van der Waals surface area contributed by atoms with Gasteiger partial charge >= 0.3 is 6.03 Å². The van der Waals surface area contributed by atoms with Gasteiger partial charge in [0, 0.05) is 43.2 Å². The first-order valence-electron chi connectivity index (χ1n) is 10.1. The van der Waals surface area contributed by atoms with Crippen molar-refractivity contribution in [1.82, 2.24) is 15.2 Å². The van der Waals surface area contributed by atoms with Gasteiger partial charge in [-0.25, -0.2) is 18.6 Å². The summed E-state index contributed by atoms with van der Waals surface area (Å²) in [6.45, 7) is 0.